The van der Waals surface area contributed by atoms with E-state index in [1.807, 2.05) is 0 Å². The molecule has 14 heavy (non-hydrogen) atoms. The van der Waals surface area contributed by atoms with Crippen LogP contribution in [0.25, 0.3) is 0 Å². The molecule has 0 aromatic heterocycles. The Morgan fingerprint density at radius 1 is 1.57 bits per heavy atom. The van der Waals surface area contributed by atoms with Crippen molar-refractivity contribution in [3.63, 3.8) is 0 Å². The predicted molar refractivity (Wildman–Crippen MR) is 56.9 cm³/mol. The Kier molecular flexibility index (Phi) is 4.90. The second-order valence-corrected chi connectivity index (χ2v) is 3.98. The van der Waals surface area contributed by atoms with Crippen LogP contribution in [-0.4, -0.2) is 31.6 Å². The third kappa shape index (κ3) is 3.27. The summed E-state index contributed by atoms with van der Waals surface area (Å²) in [5.41, 5.74) is 5.36. The van der Waals surface area contributed by atoms with Crippen LogP contribution in [0.5, 0.6) is 0 Å². The van der Waals surface area contributed by atoms with Crippen LogP contribution in [0, 0.1) is 5.92 Å². The summed E-state index contributed by atoms with van der Waals surface area (Å²) in [4.78, 5) is 11.6. The van der Waals surface area contributed by atoms with E-state index in [0.29, 0.717) is 12.5 Å². The van der Waals surface area contributed by atoms with Gasteiger partial charge in [-0.15, -0.1) is 0 Å². The highest BCUT2D eigenvalue weighted by molar-refractivity contribution is 5.82. The van der Waals surface area contributed by atoms with Gasteiger partial charge >= 0.3 is 0 Å². The highest BCUT2D eigenvalue weighted by atomic mass is 16.2. The smallest absolute Gasteiger partial charge is 0.237 e. The summed E-state index contributed by atoms with van der Waals surface area (Å²) in [5.74, 6) is 0.608. The van der Waals surface area contributed by atoms with Crippen LogP contribution < -0.4 is 16.4 Å². The maximum Gasteiger partial charge on any atom is 0.237 e. The van der Waals surface area contributed by atoms with E-state index in [1.165, 1.54) is 0 Å². The minimum atomic E-state index is 0.0212. The van der Waals surface area contributed by atoms with Crippen molar-refractivity contribution in [2.75, 3.05) is 19.6 Å². The van der Waals surface area contributed by atoms with Crippen LogP contribution in [0.2, 0.25) is 0 Å². The Morgan fingerprint density at radius 3 is 2.93 bits per heavy atom. The molecule has 1 aliphatic heterocycles. The fourth-order valence-corrected chi connectivity index (χ4v) is 1.78. The average molecular weight is 199 g/mol. The fourth-order valence-electron chi connectivity index (χ4n) is 1.78. The highest BCUT2D eigenvalue weighted by Crippen LogP contribution is 2.13. The molecule has 82 valence electrons. The summed E-state index contributed by atoms with van der Waals surface area (Å²) in [7, 11) is 0. The van der Waals surface area contributed by atoms with Crippen molar-refractivity contribution in [1.82, 2.24) is 10.6 Å². The zero-order valence-corrected chi connectivity index (χ0v) is 8.88. The second-order valence-electron chi connectivity index (χ2n) is 3.98. The number of unbranched alkanes of at least 4 members (excludes halogenated alkanes) is 1. The molecule has 4 N–H and O–H groups in total. The Labute approximate surface area is 85.6 Å². The molecule has 1 saturated heterocycles. The quantitative estimate of drug-likeness (QED) is 0.539. The number of carbonyl (C=O) groups is 1. The molecule has 0 bridgehead atoms. The molecular weight excluding hydrogens is 178 g/mol. The largest absolute Gasteiger partial charge is 0.355 e. The molecule has 2 unspecified atom stereocenters. The van der Waals surface area contributed by atoms with E-state index >= 15 is 0 Å². The van der Waals surface area contributed by atoms with E-state index < -0.39 is 0 Å². The van der Waals surface area contributed by atoms with Gasteiger partial charge in [0.05, 0.1) is 6.04 Å². The SMILES string of the molecule is CC1CCNC1C(=O)NCCCCN. The molecule has 4 heteroatoms. The first-order chi connectivity index (χ1) is 6.75. The van der Waals surface area contributed by atoms with Gasteiger partial charge in [0.2, 0.25) is 5.91 Å². The normalized spacial score (nSPS) is 26.4. The zero-order chi connectivity index (χ0) is 10.4. The highest BCUT2D eigenvalue weighted by Gasteiger charge is 2.28. The summed E-state index contributed by atoms with van der Waals surface area (Å²) in [6.07, 6.45) is 3.05. The minimum Gasteiger partial charge on any atom is -0.355 e. The van der Waals surface area contributed by atoms with E-state index in [0.717, 1.165) is 32.4 Å². The lowest BCUT2D eigenvalue weighted by Crippen LogP contribution is -2.43. The van der Waals surface area contributed by atoms with E-state index in [9.17, 15) is 4.79 Å². The van der Waals surface area contributed by atoms with Crippen LogP contribution >= 0.6 is 0 Å². The molecule has 1 amide bonds. The number of hydrogen-bond donors (Lipinski definition) is 3. The average Bonchev–Trinajstić information content (AvgIpc) is 2.59. The van der Waals surface area contributed by atoms with Crippen LogP contribution in [-0.2, 0) is 4.79 Å². The van der Waals surface area contributed by atoms with Crippen LogP contribution in [0.1, 0.15) is 26.2 Å². The van der Waals surface area contributed by atoms with Gasteiger partial charge in [0.1, 0.15) is 0 Å². The first-order valence-electron chi connectivity index (χ1n) is 5.47. The molecule has 4 nitrogen and oxygen atoms in total. The Morgan fingerprint density at radius 2 is 2.36 bits per heavy atom. The molecule has 2 atom stereocenters. The van der Waals surface area contributed by atoms with E-state index in [-0.39, 0.29) is 11.9 Å². The topological polar surface area (TPSA) is 67.2 Å². The lowest BCUT2D eigenvalue weighted by molar-refractivity contribution is -0.123. The number of hydrogen-bond acceptors (Lipinski definition) is 3. The molecule has 0 radical (unpaired) electrons. The monoisotopic (exact) mass is 199 g/mol. The third-order valence-corrected chi connectivity index (χ3v) is 2.75. The van der Waals surface area contributed by atoms with Crippen molar-refractivity contribution in [2.24, 2.45) is 11.7 Å². The first kappa shape index (κ1) is 11.5. The number of amides is 1. The lowest BCUT2D eigenvalue weighted by atomic mass is 10.0. The molecule has 0 spiro atoms. The molecule has 0 aromatic rings. The van der Waals surface area contributed by atoms with Crippen molar-refractivity contribution in [3.05, 3.63) is 0 Å². The lowest BCUT2D eigenvalue weighted by Gasteiger charge is -2.15. The van der Waals surface area contributed by atoms with Gasteiger partial charge < -0.3 is 16.4 Å². The predicted octanol–water partition coefficient (Wildman–Crippen LogP) is -0.160. The summed E-state index contributed by atoms with van der Waals surface area (Å²) in [5, 5.41) is 6.14. The zero-order valence-electron chi connectivity index (χ0n) is 8.88. The van der Waals surface area contributed by atoms with E-state index in [4.69, 9.17) is 5.73 Å². The Bertz CT molecular complexity index is 184. The van der Waals surface area contributed by atoms with Crippen LogP contribution in [0.3, 0.4) is 0 Å². The van der Waals surface area contributed by atoms with E-state index in [2.05, 4.69) is 17.6 Å². The van der Waals surface area contributed by atoms with Gasteiger partial charge in [0.15, 0.2) is 0 Å². The number of rotatable bonds is 5. The number of nitrogens with one attached hydrogen (secondary N) is 2. The van der Waals surface area contributed by atoms with E-state index in [1.54, 1.807) is 0 Å². The van der Waals surface area contributed by atoms with Crippen molar-refractivity contribution >= 4 is 5.91 Å². The molecule has 1 heterocycles. The molecule has 0 saturated carbocycles. The molecule has 0 aliphatic carbocycles. The first-order valence-corrected chi connectivity index (χ1v) is 5.47. The van der Waals surface area contributed by atoms with Crippen molar-refractivity contribution in [1.29, 1.82) is 0 Å². The Balaban J connectivity index is 2.14. The van der Waals surface area contributed by atoms with Gasteiger partial charge in [-0.25, -0.2) is 0 Å². The van der Waals surface area contributed by atoms with Crippen LogP contribution in [0.4, 0.5) is 0 Å². The van der Waals surface area contributed by atoms with Gasteiger partial charge in [-0.1, -0.05) is 6.92 Å². The standard InChI is InChI=1S/C10H21N3O/c1-8-4-7-12-9(8)10(14)13-6-3-2-5-11/h8-9,12H,2-7,11H2,1H3,(H,13,14). The summed E-state index contributed by atoms with van der Waals surface area (Å²) in [6.45, 7) is 4.53. The number of carbonyl (C=O) groups excluding carboxylic acids is 1. The fraction of sp³-hybridized carbons (Fsp3) is 0.900. The molecule has 1 rings (SSSR count). The van der Waals surface area contributed by atoms with Crippen molar-refractivity contribution in [2.45, 2.75) is 32.2 Å². The van der Waals surface area contributed by atoms with Gasteiger partial charge in [0, 0.05) is 6.54 Å². The van der Waals surface area contributed by atoms with Gasteiger partial charge in [0.25, 0.3) is 0 Å². The number of nitrogens with two attached hydrogens (primary N) is 1. The Hall–Kier alpha value is -0.610. The second kappa shape index (κ2) is 5.98. The van der Waals surface area contributed by atoms with Crippen LogP contribution in [0.15, 0.2) is 0 Å². The maximum absolute atomic E-state index is 11.6. The summed E-state index contributed by atoms with van der Waals surface area (Å²) < 4.78 is 0. The third-order valence-electron chi connectivity index (χ3n) is 2.75. The van der Waals surface area contributed by atoms with Crippen molar-refractivity contribution in [3.8, 4) is 0 Å². The minimum absolute atomic E-state index is 0.0212. The molecule has 1 fully saturated rings. The summed E-state index contributed by atoms with van der Waals surface area (Å²) >= 11 is 0. The summed E-state index contributed by atoms with van der Waals surface area (Å²) in [6, 6.07) is 0.0212. The molecule has 0 aromatic carbocycles. The molecular formula is C10H21N3O. The van der Waals surface area contributed by atoms with Crippen molar-refractivity contribution < 1.29 is 4.79 Å². The maximum atomic E-state index is 11.6. The van der Waals surface area contributed by atoms with Gasteiger partial charge in [-0.2, -0.15) is 0 Å². The van der Waals surface area contributed by atoms with Gasteiger partial charge in [-0.3, -0.25) is 4.79 Å². The molecule has 1 aliphatic rings. The van der Waals surface area contributed by atoms with Gasteiger partial charge in [-0.05, 0) is 38.3 Å².